The van der Waals surface area contributed by atoms with Gasteiger partial charge in [-0.05, 0) is 0 Å². The van der Waals surface area contributed by atoms with Crippen LogP contribution in [0.25, 0.3) is 0 Å². The predicted molar refractivity (Wildman–Crippen MR) is 54.0 cm³/mol. The molecule has 2 heterocycles. The monoisotopic (exact) mass is 214 g/mol. The Hall–Kier alpha value is -0.650. The minimum absolute atomic E-state index is 0.0122. The Morgan fingerprint density at radius 3 is 2.87 bits per heavy atom. The summed E-state index contributed by atoms with van der Waals surface area (Å²) in [6, 6.07) is 0. The van der Waals surface area contributed by atoms with E-state index in [1.807, 2.05) is 20.9 Å². The highest BCUT2D eigenvalue weighted by molar-refractivity contribution is 5.78. The van der Waals surface area contributed by atoms with E-state index in [2.05, 4.69) is 5.32 Å². The van der Waals surface area contributed by atoms with Crippen LogP contribution in [-0.2, 0) is 14.3 Å². The molecule has 1 N–H and O–H groups in total. The van der Waals surface area contributed by atoms with Crippen LogP contribution in [0.4, 0.5) is 0 Å². The van der Waals surface area contributed by atoms with Gasteiger partial charge >= 0.3 is 0 Å². The largest absolute Gasteiger partial charge is 0.348 e. The van der Waals surface area contributed by atoms with Crippen LogP contribution in [0, 0.1) is 5.92 Å². The first-order valence-electron chi connectivity index (χ1n) is 5.34. The molecule has 5 nitrogen and oxygen atoms in total. The molecule has 3 unspecified atom stereocenters. The van der Waals surface area contributed by atoms with Crippen molar-refractivity contribution >= 4 is 5.91 Å². The maximum absolute atomic E-state index is 11.8. The van der Waals surface area contributed by atoms with Gasteiger partial charge in [0.05, 0.1) is 0 Å². The lowest BCUT2D eigenvalue weighted by atomic mass is 10.1. The van der Waals surface area contributed by atoms with E-state index < -0.39 is 0 Å². The predicted octanol–water partition coefficient (Wildman–Crippen LogP) is -0.228. The number of nitrogens with one attached hydrogen (secondary N) is 1. The van der Waals surface area contributed by atoms with E-state index in [0.29, 0.717) is 6.79 Å². The summed E-state index contributed by atoms with van der Waals surface area (Å²) < 4.78 is 10.8. The first kappa shape index (κ1) is 10.9. The standard InChI is InChI=1S/C10H18N2O3/c1-6(2)10(13)12(3)9-8-7(4-11-9)14-5-15-8/h6-9,11H,4-5H2,1-3H3. The number of hydrogen-bond acceptors (Lipinski definition) is 4. The third kappa shape index (κ3) is 1.87. The Bertz CT molecular complexity index is 257. The molecule has 0 spiro atoms. The Morgan fingerprint density at radius 2 is 2.20 bits per heavy atom. The van der Waals surface area contributed by atoms with Crippen LogP contribution >= 0.6 is 0 Å². The third-order valence-corrected chi connectivity index (χ3v) is 3.01. The summed E-state index contributed by atoms with van der Waals surface area (Å²) >= 11 is 0. The molecule has 1 amide bonds. The summed E-state index contributed by atoms with van der Waals surface area (Å²) in [7, 11) is 1.81. The summed E-state index contributed by atoms with van der Waals surface area (Å²) in [5, 5.41) is 3.25. The molecule has 2 fully saturated rings. The van der Waals surface area contributed by atoms with Crippen LogP contribution in [0.2, 0.25) is 0 Å². The van der Waals surface area contributed by atoms with Crippen LogP contribution in [0.15, 0.2) is 0 Å². The maximum atomic E-state index is 11.8. The number of likely N-dealkylation sites (N-methyl/N-ethyl adjacent to an activating group) is 1. The molecule has 0 aromatic heterocycles. The lowest BCUT2D eigenvalue weighted by molar-refractivity contribution is -0.138. The van der Waals surface area contributed by atoms with E-state index in [9.17, 15) is 4.79 Å². The number of hydrogen-bond donors (Lipinski definition) is 1. The van der Waals surface area contributed by atoms with Gasteiger partial charge in [-0.15, -0.1) is 0 Å². The van der Waals surface area contributed by atoms with Crippen molar-refractivity contribution in [3.63, 3.8) is 0 Å². The normalized spacial score (nSPS) is 34.5. The van der Waals surface area contributed by atoms with Gasteiger partial charge in [0.1, 0.15) is 25.2 Å². The Balaban J connectivity index is 2.01. The van der Waals surface area contributed by atoms with Crippen LogP contribution in [0.3, 0.4) is 0 Å². The second-order valence-corrected chi connectivity index (χ2v) is 4.41. The minimum Gasteiger partial charge on any atom is -0.348 e. The first-order valence-corrected chi connectivity index (χ1v) is 5.34. The minimum atomic E-state index is -0.0487. The lowest BCUT2D eigenvalue weighted by Gasteiger charge is -2.29. The smallest absolute Gasteiger partial charge is 0.226 e. The van der Waals surface area contributed by atoms with Gasteiger partial charge in [-0.3, -0.25) is 10.1 Å². The molecule has 2 aliphatic heterocycles. The molecule has 2 saturated heterocycles. The Morgan fingerprint density at radius 1 is 1.47 bits per heavy atom. The molecule has 2 rings (SSSR count). The molecule has 0 aliphatic carbocycles. The SMILES string of the molecule is CC(C)C(=O)N(C)C1NCC2OCOC21. The van der Waals surface area contributed by atoms with Crippen molar-refractivity contribution in [3.05, 3.63) is 0 Å². The summed E-state index contributed by atoms with van der Waals surface area (Å²) in [5.41, 5.74) is 0. The third-order valence-electron chi connectivity index (χ3n) is 3.01. The quantitative estimate of drug-likeness (QED) is 0.690. The van der Waals surface area contributed by atoms with Gasteiger partial charge in [0, 0.05) is 19.5 Å². The number of ether oxygens (including phenoxy) is 2. The number of amides is 1. The van der Waals surface area contributed by atoms with Gasteiger partial charge in [-0.25, -0.2) is 0 Å². The highest BCUT2D eigenvalue weighted by atomic mass is 16.7. The zero-order chi connectivity index (χ0) is 11.0. The van der Waals surface area contributed by atoms with Gasteiger partial charge in [0.2, 0.25) is 5.91 Å². The molecule has 2 aliphatic rings. The van der Waals surface area contributed by atoms with Crippen LogP contribution in [0.1, 0.15) is 13.8 Å². The van der Waals surface area contributed by atoms with E-state index in [1.165, 1.54) is 0 Å². The molecule has 0 radical (unpaired) electrons. The fourth-order valence-corrected chi connectivity index (χ4v) is 2.13. The van der Waals surface area contributed by atoms with Gasteiger partial charge in [0.15, 0.2) is 0 Å². The summed E-state index contributed by atoms with van der Waals surface area (Å²) in [6.07, 6.45) is 0.0301. The van der Waals surface area contributed by atoms with Crippen molar-refractivity contribution in [2.24, 2.45) is 5.92 Å². The van der Waals surface area contributed by atoms with E-state index in [1.54, 1.807) is 4.90 Å². The van der Waals surface area contributed by atoms with Crippen molar-refractivity contribution in [1.82, 2.24) is 10.2 Å². The second kappa shape index (κ2) is 4.08. The fraction of sp³-hybridized carbons (Fsp3) is 0.900. The Kier molecular flexibility index (Phi) is 2.95. The molecule has 0 saturated carbocycles. The molecular formula is C10H18N2O3. The molecular weight excluding hydrogens is 196 g/mol. The second-order valence-electron chi connectivity index (χ2n) is 4.41. The molecule has 3 atom stereocenters. The van der Waals surface area contributed by atoms with Crippen molar-refractivity contribution in [1.29, 1.82) is 0 Å². The highest BCUT2D eigenvalue weighted by Gasteiger charge is 2.44. The van der Waals surface area contributed by atoms with Crippen molar-refractivity contribution in [3.8, 4) is 0 Å². The maximum Gasteiger partial charge on any atom is 0.226 e. The van der Waals surface area contributed by atoms with E-state index >= 15 is 0 Å². The van der Waals surface area contributed by atoms with Crippen molar-refractivity contribution in [2.45, 2.75) is 32.2 Å². The number of carbonyl (C=O) groups is 1. The first-order chi connectivity index (χ1) is 7.11. The van der Waals surface area contributed by atoms with Gasteiger partial charge in [-0.1, -0.05) is 13.8 Å². The molecule has 5 heteroatoms. The van der Waals surface area contributed by atoms with E-state index in [0.717, 1.165) is 6.54 Å². The molecule has 0 aromatic rings. The fourth-order valence-electron chi connectivity index (χ4n) is 2.13. The van der Waals surface area contributed by atoms with Gasteiger partial charge in [0.25, 0.3) is 0 Å². The highest BCUT2D eigenvalue weighted by Crippen LogP contribution is 2.23. The summed E-state index contributed by atoms with van der Waals surface area (Å²) in [6.45, 7) is 4.90. The summed E-state index contributed by atoms with van der Waals surface area (Å²) in [4.78, 5) is 13.5. The lowest BCUT2D eigenvalue weighted by Crippen LogP contribution is -2.50. The van der Waals surface area contributed by atoms with Crippen molar-refractivity contribution < 1.29 is 14.3 Å². The van der Waals surface area contributed by atoms with Crippen LogP contribution < -0.4 is 5.32 Å². The topological polar surface area (TPSA) is 50.8 Å². The molecule has 0 bridgehead atoms. The average molecular weight is 214 g/mol. The van der Waals surface area contributed by atoms with Crippen LogP contribution in [0.5, 0.6) is 0 Å². The zero-order valence-corrected chi connectivity index (χ0v) is 9.40. The average Bonchev–Trinajstić information content (AvgIpc) is 2.75. The number of fused-ring (bicyclic) bond motifs is 1. The molecule has 86 valence electrons. The number of rotatable bonds is 2. The van der Waals surface area contributed by atoms with Crippen LogP contribution in [-0.4, -0.2) is 49.6 Å². The number of nitrogens with zero attached hydrogens (tertiary/aromatic N) is 1. The zero-order valence-electron chi connectivity index (χ0n) is 9.40. The summed E-state index contributed by atoms with van der Waals surface area (Å²) in [5.74, 6) is 0.141. The van der Waals surface area contributed by atoms with E-state index in [4.69, 9.17) is 9.47 Å². The molecule has 15 heavy (non-hydrogen) atoms. The van der Waals surface area contributed by atoms with Crippen molar-refractivity contribution in [2.75, 3.05) is 20.4 Å². The van der Waals surface area contributed by atoms with E-state index in [-0.39, 0.29) is 30.2 Å². The molecule has 0 aromatic carbocycles. The van der Waals surface area contributed by atoms with Gasteiger partial charge in [-0.2, -0.15) is 0 Å². The Labute approximate surface area is 89.7 Å². The van der Waals surface area contributed by atoms with Gasteiger partial charge < -0.3 is 14.4 Å². The number of carbonyl (C=O) groups excluding carboxylic acids is 1.